The first-order valence-corrected chi connectivity index (χ1v) is 10.5. The number of amides is 1. The number of rotatable bonds is 4. The fourth-order valence-electron chi connectivity index (χ4n) is 3.72. The molecule has 2 aliphatic heterocycles. The van der Waals surface area contributed by atoms with Gasteiger partial charge < -0.3 is 19.9 Å². The Balaban J connectivity index is 0.000000339. The molecule has 166 valence electrons. The summed E-state index contributed by atoms with van der Waals surface area (Å²) in [4.78, 5) is 26.3. The van der Waals surface area contributed by atoms with Gasteiger partial charge in [-0.15, -0.1) is 0 Å². The molecule has 6 nitrogen and oxygen atoms in total. The Bertz CT molecular complexity index is 921. The van der Waals surface area contributed by atoms with Crippen LogP contribution in [0.4, 0.5) is 15.8 Å². The van der Waals surface area contributed by atoms with Gasteiger partial charge in [0.25, 0.3) is 6.47 Å². The number of hydrogen-bond acceptors (Lipinski definition) is 5. The molecule has 2 aromatic carbocycles. The summed E-state index contributed by atoms with van der Waals surface area (Å²) in [6.45, 7) is 10.2. The molecule has 2 heterocycles. The van der Waals surface area contributed by atoms with E-state index in [2.05, 4.69) is 21.0 Å². The number of anilines is 2. The maximum atomic E-state index is 13.4. The number of carbonyl (C=O) groups is 2. The van der Waals surface area contributed by atoms with Crippen molar-refractivity contribution in [3.05, 3.63) is 59.4 Å². The second-order valence-electron chi connectivity index (χ2n) is 8.62. The number of benzene rings is 2. The summed E-state index contributed by atoms with van der Waals surface area (Å²) < 4.78 is 18.0. The van der Waals surface area contributed by atoms with E-state index in [-0.39, 0.29) is 17.3 Å². The molecule has 0 saturated carbocycles. The smallest absolute Gasteiger partial charge is 0.293 e. The van der Waals surface area contributed by atoms with Crippen LogP contribution in [0.3, 0.4) is 0 Å². The van der Waals surface area contributed by atoms with Crippen LogP contribution in [0.1, 0.15) is 31.9 Å². The molecule has 0 unspecified atom stereocenters. The van der Waals surface area contributed by atoms with Crippen molar-refractivity contribution in [2.45, 2.75) is 39.3 Å². The first-order valence-electron chi connectivity index (χ1n) is 10.5. The van der Waals surface area contributed by atoms with Gasteiger partial charge in [-0.1, -0.05) is 18.2 Å². The van der Waals surface area contributed by atoms with E-state index in [1.165, 1.54) is 12.1 Å². The van der Waals surface area contributed by atoms with E-state index in [9.17, 15) is 14.0 Å². The Kier molecular flexibility index (Phi) is 7.28. The van der Waals surface area contributed by atoms with Crippen molar-refractivity contribution < 1.29 is 18.7 Å². The molecule has 1 amide bonds. The van der Waals surface area contributed by atoms with Gasteiger partial charge in [-0.25, -0.2) is 4.39 Å². The van der Waals surface area contributed by atoms with Crippen molar-refractivity contribution in [2.24, 2.45) is 0 Å². The largest absolute Gasteiger partial charge is 0.462 e. The van der Waals surface area contributed by atoms with E-state index >= 15 is 0 Å². The van der Waals surface area contributed by atoms with Crippen LogP contribution in [0.15, 0.2) is 42.5 Å². The monoisotopic (exact) mass is 427 g/mol. The van der Waals surface area contributed by atoms with Crippen LogP contribution in [-0.2, 0) is 27.3 Å². The van der Waals surface area contributed by atoms with Gasteiger partial charge in [0.05, 0.1) is 13.0 Å². The van der Waals surface area contributed by atoms with Crippen molar-refractivity contribution in [3.63, 3.8) is 0 Å². The molecule has 0 bridgehead atoms. The molecular formula is C24H30FN3O3. The zero-order chi connectivity index (χ0) is 22.4. The Hall–Kier alpha value is -2.93. The summed E-state index contributed by atoms with van der Waals surface area (Å²) >= 11 is 0. The lowest BCUT2D eigenvalue weighted by molar-refractivity contribution is -0.138. The highest BCUT2D eigenvalue weighted by atomic mass is 19.1. The topological polar surface area (TPSA) is 61.9 Å². The van der Waals surface area contributed by atoms with E-state index in [0.29, 0.717) is 19.4 Å². The van der Waals surface area contributed by atoms with Gasteiger partial charge in [0, 0.05) is 43.1 Å². The molecule has 0 aliphatic carbocycles. The minimum absolute atomic E-state index is 0.0804. The van der Waals surface area contributed by atoms with Crippen molar-refractivity contribution in [1.82, 2.24) is 5.32 Å². The van der Waals surface area contributed by atoms with E-state index in [4.69, 9.17) is 0 Å². The quantitative estimate of drug-likeness (QED) is 0.759. The van der Waals surface area contributed by atoms with Gasteiger partial charge >= 0.3 is 0 Å². The molecule has 1 saturated heterocycles. The standard InChI is InChI=1S/C19H20FN3O.C5H10O2/c20-15-4-1-3-14(11-15)13-23-18-6-2-5-17(16(18)12-19(23)24)22-9-7-21-8-10-22;1-5(2,3)7-4-6/h1-6,11,21H,7-10,12-13H2;4H,1-3H3. The van der Waals surface area contributed by atoms with Crippen LogP contribution >= 0.6 is 0 Å². The molecule has 1 N–H and O–H groups in total. The molecule has 4 rings (SSSR count). The summed E-state index contributed by atoms with van der Waals surface area (Å²) in [6.07, 6.45) is 0.421. The number of carbonyl (C=O) groups excluding carboxylic acids is 2. The first-order chi connectivity index (χ1) is 14.8. The van der Waals surface area contributed by atoms with Gasteiger partial charge in [0.15, 0.2) is 0 Å². The number of nitrogens with one attached hydrogen (secondary N) is 1. The molecule has 0 spiro atoms. The van der Waals surface area contributed by atoms with Crippen molar-refractivity contribution >= 4 is 23.8 Å². The van der Waals surface area contributed by atoms with Gasteiger partial charge in [-0.3, -0.25) is 9.59 Å². The zero-order valence-electron chi connectivity index (χ0n) is 18.4. The highest BCUT2D eigenvalue weighted by molar-refractivity contribution is 6.03. The molecule has 7 heteroatoms. The molecule has 0 radical (unpaired) electrons. The SMILES string of the molecule is CC(C)(C)OC=O.O=C1Cc2c(N3CCNCC3)cccc2N1Cc1cccc(F)c1. The number of piperazine rings is 1. The molecule has 2 aromatic rings. The van der Waals surface area contributed by atoms with Crippen LogP contribution in [0.25, 0.3) is 0 Å². The summed E-state index contributed by atoms with van der Waals surface area (Å²) in [5.41, 5.74) is 3.70. The molecule has 0 atom stereocenters. The number of ether oxygens (including phenoxy) is 1. The maximum Gasteiger partial charge on any atom is 0.293 e. The van der Waals surface area contributed by atoms with Gasteiger partial charge in [0.1, 0.15) is 11.4 Å². The normalized spacial score (nSPS) is 15.8. The van der Waals surface area contributed by atoms with Crippen LogP contribution < -0.4 is 15.1 Å². The number of hydrogen-bond donors (Lipinski definition) is 1. The predicted molar refractivity (Wildman–Crippen MR) is 120 cm³/mol. The highest BCUT2D eigenvalue weighted by Gasteiger charge is 2.30. The molecular weight excluding hydrogens is 397 g/mol. The Morgan fingerprint density at radius 3 is 2.39 bits per heavy atom. The third kappa shape index (κ3) is 6.04. The number of nitrogens with zero attached hydrogens (tertiary/aromatic N) is 2. The second-order valence-corrected chi connectivity index (χ2v) is 8.62. The van der Waals surface area contributed by atoms with Crippen molar-refractivity contribution in [3.8, 4) is 0 Å². The summed E-state index contributed by atoms with van der Waals surface area (Å²) in [6, 6.07) is 12.6. The lowest BCUT2D eigenvalue weighted by Gasteiger charge is -2.31. The summed E-state index contributed by atoms with van der Waals surface area (Å²) in [7, 11) is 0. The Morgan fingerprint density at radius 1 is 1.10 bits per heavy atom. The van der Waals surface area contributed by atoms with E-state index in [0.717, 1.165) is 48.7 Å². The maximum absolute atomic E-state index is 13.4. The second kappa shape index (κ2) is 9.92. The highest BCUT2D eigenvalue weighted by Crippen LogP contribution is 2.37. The van der Waals surface area contributed by atoms with E-state index < -0.39 is 0 Å². The summed E-state index contributed by atoms with van der Waals surface area (Å²) in [5, 5.41) is 3.35. The predicted octanol–water partition coefficient (Wildman–Crippen LogP) is 3.28. The molecule has 2 aliphatic rings. The number of fused-ring (bicyclic) bond motifs is 1. The van der Waals surface area contributed by atoms with Crippen LogP contribution in [-0.4, -0.2) is 44.2 Å². The third-order valence-electron chi connectivity index (χ3n) is 5.14. The van der Waals surface area contributed by atoms with Gasteiger partial charge in [-0.2, -0.15) is 0 Å². The summed E-state index contributed by atoms with van der Waals surface area (Å²) in [5.74, 6) is -0.189. The molecule has 0 aromatic heterocycles. The average molecular weight is 428 g/mol. The third-order valence-corrected chi connectivity index (χ3v) is 5.14. The van der Waals surface area contributed by atoms with Gasteiger partial charge in [-0.05, 0) is 50.6 Å². The average Bonchev–Trinajstić information content (AvgIpc) is 3.04. The fraction of sp³-hybridized carbons (Fsp3) is 0.417. The fourth-order valence-corrected chi connectivity index (χ4v) is 3.72. The lowest BCUT2D eigenvalue weighted by Crippen LogP contribution is -2.43. The first kappa shape index (κ1) is 22.7. The van der Waals surface area contributed by atoms with Crippen molar-refractivity contribution in [2.75, 3.05) is 36.0 Å². The zero-order valence-corrected chi connectivity index (χ0v) is 18.4. The minimum atomic E-state index is -0.318. The van der Waals surface area contributed by atoms with Gasteiger partial charge in [0.2, 0.25) is 5.91 Å². The lowest BCUT2D eigenvalue weighted by atomic mass is 10.1. The van der Waals surface area contributed by atoms with Crippen LogP contribution in [0.2, 0.25) is 0 Å². The molecule has 31 heavy (non-hydrogen) atoms. The van der Waals surface area contributed by atoms with Crippen LogP contribution in [0, 0.1) is 5.82 Å². The Labute approximate surface area is 183 Å². The van der Waals surface area contributed by atoms with E-state index in [1.54, 1.807) is 11.0 Å². The van der Waals surface area contributed by atoms with Crippen molar-refractivity contribution in [1.29, 1.82) is 0 Å². The molecule has 1 fully saturated rings. The van der Waals surface area contributed by atoms with Crippen LogP contribution in [0.5, 0.6) is 0 Å². The van der Waals surface area contributed by atoms with E-state index in [1.807, 2.05) is 39.0 Å². The number of halogens is 1. The Morgan fingerprint density at radius 2 is 1.77 bits per heavy atom. The minimum Gasteiger partial charge on any atom is -0.462 e.